The standard InChI is InChI=1S/C31H35NO5/c1-19-11-12-32(17-19)20(2)18-36-26-8-5-22(6-9-26)31-30(23-13-25(34)15-27(14-23)35-4)21(3)28-16-24(33)7-10-29(28)37-31/h5-10,13-16,19-20,31,33-34H,11-12,17-18H2,1-4H3/t19-,20+,31?/m1/s1. The summed E-state index contributed by atoms with van der Waals surface area (Å²) in [6.45, 7) is 9.46. The number of aromatic hydroxyl groups is 2. The fourth-order valence-corrected chi connectivity index (χ4v) is 5.33. The van der Waals surface area contributed by atoms with E-state index in [4.69, 9.17) is 14.2 Å². The summed E-state index contributed by atoms with van der Waals surface area (Å²) < 4.78 is 18.0. The highest BCUT2D eigenvalue weighted by molar-refractivity contribution is 5.96. The minimum atomic E-state index is -0.414. The molecule has 0 spiro atoms. The van der Waals surface area contributed by atoms with E-state index in [1.165, 1.54) is 6.42 Å². The molecular weight excluding hydrogens is 466 g/mol. The number of phenolic OH excluding ortho intramolecular Hbond substituents is 2. The van der Waals surface area contributed by atoms with E-state index in [1.54, 1.807) is 37.4 Å². The van der Waals surface area contributed by atoms with Gasteiger partial charge in [-0.25, -0.2) is 0 Å². The third kappa shape index (κ3) is 5.25. The summed E-state index contributed by atoms with van der Waals surface area (Å²) in [4.78, 5) is 2.49. The van der Waals surface area contributed by atoms with E-state index < -0.39 is 6.10 Å². The lowest BCUT2D eigenvalue weighted by atomic mass is 9.86. The zero-order chi connectivity index (χ0) is 26.1. The van der Waals surface area contributed by atoms with Crippen molar-refractivity contribution in [3.8, 4) is 28.7 Å². The fourth-order valence-electron chi connectivity index (χ4n) is 5.33. The van der Waals surface area contributed by atoms with Crippen LogP contribution in [0.15, 0.2) is 60.7 Å². The molecule has 5 rings (SSSR count). The molecule has 0 radical (unpaired) electrons. The lowest BCUT2D eigenvalue weighted by Crippen LogP contribution is -2.35. The largest absolute Gasteiger partial charge is 0.508 e. The molecule has 1 fully saturated rings. The molecule has 1 unspecified atom stereocenters. The molecule has 3 aromatic rings. The summed E-state index contributed by atoms with van der Waals surface area (Å²) in [5.41, 5.74) is 4.44. The molecular formula is C31H35NO5. The van der Waals surface area contributed by atoms with Gasteiger partial charge in [0, 0.05) is 29.8 Å². The van der Waals surface area contributed by atoms with Gasteiger partial charge in [-0.3, -0.25) is 4.90 Å². The molecule has 2 aliphatic heterocycles. The van der Waals surface area contributed by atoms with Crippen molar-refractivity contribution in [2.75, 3.05) is 26.8 Å². The molecule has 0 aliphatic carbocycles. The van der Waals surface area contributed by atoms with Crippen LogP contribution in [0.2, 0.25) is 0 Å². The summed E-state index contributed by atoms with van der Waals surface area (Å²) in [5, 5.41) is 20.5. The number of fused-ring (bicyclic) bond motifs is 1. The van der Waals surface area contributed by atoms with Gasteiger partial charge in [-0.05, 0) is 91.9 Å². The molecule has 0 amide bonds. The Bertz CT molecular complexity index is 1300. The smallest absolute Gasteiger partial charge is 0.150 e. The number of methoxy groups -OCH3 is 1. The van der Waals surface area contributed by atoms with Crippen molar-refractivity contribution in [3.63, 3.8) is 0 Å². The number of likely N-dealkylation sites (tertiary alicyclic amines) is 1. The SMILES string of the molecule is COc1cc(O)cc(C2=C(C)c3cc(O)ccc3OC2c2ccc(OC[C@H](C)N3CC[C@@H](C)C3)cc2)c1. The highest BCUT2D eigenvalue weighted by atomic mass is 16.5. The maximum atomic E-state index is 10.4. The first-order chi connectivity index (χ1) is 17.8. The second-order valence-electron chi connectivity index (χ2n) is 10.3. The van der Waals surface area contributed by atoms with Gasteiger partial charge < -0.3 is 24.4 Å². The summed E-state index contributed by atoms with van der Waals surface area (Å²) >= 11 is 0. The topological polar surface area (TPSA) is 71.4 Å². The Morgan fingerprint density at radius 3 is 2.49 bits per heavy atom. The Kier molecular flexibility index (Phi) is 7.02. The molecule has 2 aliphatic rings. The quantitative estimate of drug-likeness (QED) is 0.397. The van der Waals surface area contributed by atoms with E-state index in [1.807, 2.05) is 37.3 Å². The second-order valence-corrected chi connectivity index (χ2v) is 10.3. The predicted molar refractivity (Wildman–Crippen MR) is 145 cm³/mol. The van der Waals surface area contributed by atoms with Crippen LogP contribution in [0.4, 0.5) is 0 Å². The molecule has 2 heterocycles. The number of nitrogens with zero attached hydrogens (tertiary/aromatic N) is 1. The van der Waals surface area contributed by atoms with Crippen molar-refractivity contribution in [1.82, 2.24) is 4.90 Å². The van der Waals surface area contributed by atoms with Crippen LogP contribution in [0, 0.1) is 5.92 Å². The number of hydrogen-bond acceptors (Lipinski definition) is 6. The molecule has 1 saturated heterocycles. The van der Waals surface area contributed by atoms with Crippen LogP contribution < -0.4 is 14.2 Å². The zero-order valence-electron chi connectivity index (χ0n) is 21.9. The average Bonchev–Trinajstić information content (AvgIpc) is 3.33. The van der Waals surface area contributed by atoms with Gasteiger partial charge in [0.15, 0.2) is 0 Å². The number of benzene rings is 3. The highest BCUT2D eigenvalue weighted by Gasteiger charge is 2.30. The van der Waals surface area contributed by atoms with E-state index in [-0.39, 0.29) is 11.5 Å². The monoisotopic (exact) mass is 501 g/mol. The average molecular weight is 502 g/mol. The molecule has 6 nitrogen and oxygen atoms in total. The van der Waals surface area contributed by atoms with Gasteiger partial charge in [-0.1, -0.05) is 19.1 Å². The molecule has 3 aromatic carbocycles. The van der Waals surface area contributed by atoms with Crippen LogP contribution in [-0.2, 0) is 0 Å². The lowest BCUT2D eigenvalue weighted by molar-refractivity contribution is 0.169. The van der Waals surface area contributed by atoms with E-state index in [2.05, 4.69) is 18.7 Å². The van der Waals surface area contributed by atoms with Crippen molar-refractivity contribution >= 4 is 11.1 Å². The second kappa shape index (κ2) is 10.4. The Hall–Kier alpha value is -3.64. The van der Waals surface area contributed by atoms with E-state index >= 15 is 0 Å². The van der Waals surface area contributed by atoms with Crippen LogP contribution in [0.25, 0.3) is 11.1 Å². The maximum Gasteiger partial charge on any atom is 0.150 e. The van der Waals surface area contributed by atoms with Gasteiger partial charge in [0.2, 0.25) is 0 Å². The van der Waals surface area contributed by atoms with Crippen molar-refractivity contribution in [2.45, 2.75) is 39.3 Å². The molecule has 3 atom stereocenters. The van der Waals surface area contributed by atoms with Gasteiger partial charge in [-0.15, -0.1) is 0 Å². The van der Waals surface area contributed by atoms with Crippen molar-refractivity contribution in [3.05, 3.63) is 77.4 Å². The summed E-state index contributed by atoms with van der Waals surface area (Å²) in [5.74, 6) is 3.12. The normalized spacial score (nSPS) is 20.3. The van der Waals surface area contributed by atoms with E-state index in [9.17, 15) is 10.2 Å². The minimum Gasteiger partial charge on any atom is -0.508 e. The number of allylic oxidation sites excluding steroid dienone is 1. The van der Waals surface area contributed by atoms with Gasteiger partial charge in [0.25, 0.3) is 0 Å². The van der Waals surface area contributed by atoms with E-state index in [0.29, 0.717) is 24.1 Å². The van der Waals surface area contributed by atoms with Crippen LogP contribution in [0.5, 0.6) is 28.7 Å². The van der Waals surface area contributed by atoms with Gasteiger partial charge in [0.1, 0.15) is 41.5 Å². The van der Waals surface area contributed by atoms with Gasteiger partial charge in [-0.2, -0.15) is 0 Å². The third-order valence-corrected chi connectivity index (χ3v) is 7.47. The number of ether oxygens (including phenoxy) is 3. The molecule has 0 bridgehead atoms. The zero-order valence-corrected chi connectivity index (χ0v) is 21.9. The Morgan fingerprint density at radius 2 is 1.78 bits per heavy atom. The number of hydrogen-bond donors (Lipinski definition) is 2. The van der Waals surface area contributed by atoms with Crippen LogP contribution >= 0.6 is 0 Å². The van der Waals surface area contributed by atoms with Crippen molar-refractivity contribution in [1.29, 1.82) is 0 Å². The van der Waals surface area contributed by atoms with Crippen LogP contribution in [0.3, 0.4) is 0 Å². The molecule has 6 heteroatoms. The fraction of sp³-hybridized carbons (Fsp3) is 0.355. The highest BCUT2D eigenvalue weighted by Crippen LogP contribution is 2.48. The Morgan fingerprint density at radius 1 is 1.00 bits per heavy atom. The summed E-state index contributed by atoms with van der Waals surface area (Å²) in [6, 6.07) is 18.7. The molecule has 194 valence electrons. The first kappa shape index (κ1) is 25.0. The summed E-state index contributed by atoms with van der Waals surface area (Å²) in [6.07, 6.45) is 0.839. The van der Waals surface area contributed by atoms with Crippen molar-refractivity contribution < 1.29 is 24.4 Å². The van der Waals surface area contributed by atoms with Crippen molar-refractivity contribution in [2.24, 2.45) is 5.92 Å². The predicted octanol–water partition coefficient (Wildman–Crippen LogP) is 6.28. The minimum absolute atomic E-state index is 0.111. The van der Waals surface area contributed by atoms with Gasteiger partial charge in [0.05, 0.1) is 7.11 Å². The first-order valence-electron chi connectivity index (χ1n) is 12.9. The molecule has 2 N–H and O–H groups in total. The van der Waals surface area contributed by atoms with Gasteiger partial charge >= 0.3 is 0 Å². The lowest BCUT2D eigenvalue weighted by Gasteiger charge is -2.31. The molecule has 0 aromatic heterocycles. The van der Waals surface area contributed by atoms with Crippen LogP contribution in [0.1, 0.15) is 50.0 Å². The first-order valence-corrected chi connectivity index (χ1v) is 12.9. The number of rotatable bonds is 7. The Balaban J connectivity index is 1.44. The molecule has 0 saturated carbocycles. The maximum absolute atomic E-state index is 10.4. The summed E-state index contributed by atoms with van der Waals surface area (Å²) in [7, 11) is 1.58. The third-order valence-electron chi connectivity index (χ3n) is 7.47. The van der Waals surface area contributed by atoms with Crippen LogP contribution in [-0.4, -0.2) is 48.0 Å². The van der Waals surface area contributed by atoms with E-state index in [0.717, 1.165) is 52.6 Å². The Labute approximate surface area is 218 Å². The number of phenols is 2. The molecule has 37 heavy (non-hydrogen) atoms.